The Morgan fingerprint density at radius 1 is 1.36 bits per heavy atom. The monoisotopic (exact) mass is 367 g/mol. The predicted molar refractivity (Wildman–Crippen MR) is 97.7 cm³/mol. The van der Waals surface area contributed by atoms with Crippen molar-refractivity contribution in [2.75, 3.05) is 31.7 Å². The zero-order valence-electron chi connectivity index (χ0n) is 15.1. The topological polar surface area (TPSA) is 88.1 Å². The standard InChI is InChI=1S/C17H25N3O4S/c1-12(2)11-20-13(3)19-25(22,23)16-10-14(6-7-15(16)20)17(21)18-8-5-9-24-4/h6-7,10,12H,5,8-9,11H2,1-4H3,(H,18,21). The average molecular weight is 367 g/mol. The van der Waals surface area contributed by atoms with E-state index in [0.717, 1.165) is 0 Å². The Morgan fingerprint density at radius 3 is 2.72 bits per heavy atom. The van der Waals surface area contributed by atoms with Gasteiger partial charge in [0, 0.05) is 32.4 Å². The summed E-state index contributed by atoms with van der Waals surface area (Å²) < 4.78 is 33.6. The maximum Gasteiger partial charge on any atom is 0.286 e. The number of ether oxygens (including phenoxy) is 1. The van der Waals surface area contributed by atoms with Crippen molar-refractivity contribution < 1.29 is 17.9 Å². The van der Waals surface area contributed by atoms with E-state index in [-0.39, 0.29) is 10.8 Å². The number of sulfonamides is 1. The number of rotatable bonds is 7. The van der Waals surface area contributed by atoms with Gasteiger partial charge in [0.25, 0.3) is 15.9 Å². The van der Waals surface area contributed by atoms with E-state index in [1.807, 2.05) is 4.90 Å². The molecule has 1 heterocycles. The fourth-order valence-corrected chi connectivity index (χ4v) is 3.91. The van der Waals surface area contributed by atoms with Gasteiger partial charge in [-0.15, -0.1) is 4.40 Å². The number of fused-ring (bicyclic) bond motifs is 1. The van der Waals surface area contributed by atoms with E-state index in [4.69, 9.17) is 4.74 Å². The van der Waals surface area contributed by atoms with Gasteiger partial charge in [0.05, 0.1) is 5.69 Å². The number of carbonyl (C=O) groups is 1. The van der Waals surface area contributed by atoms with Gasteiger partial charge < -0.3 is 15.0 Å². The number of nitrogens with one attached hydrogen (secondary N) is 1. The van der Waals surface area contributed by atoms with Crippen LogP contribution in [0.2, 0.25) is 0 Å². The molecule has 0 aliphatic carbocycles. The van der Waals surface area contributed by atoms with Gasteiger partial charge in [-0.1, -0.05) is 13.8 Å². The van der Waals surface area contributed by atoms with Crippen LogP contribution in [0.3, 0.4) is 0 Å². The Balaban J connectivity index is 2.30. The first-order valence-corrected chi connectivity index (χ1v) is 9.70. The van der Waals surface area contributed by atoms with E-state index in [2.05, 4.69) is 23.6 Å². The molecule has 8 heteroatoms. The maximum atomic E-state index is 12.4. The lowest BCUT2D eigenvalue weighted by Crippen LogP contribution is -2.37. The summed E-state index contributed by atoms with van der Waals surface area (Å²) >= 11 is 0. The number of methoxy groups -OCH3 is 1. The normalized spacial score (nSPS) is 15.7. The van der Waals surface area contributed by atoms with Gasteiger partial charge in [-0.05, 0) is 37.5 Å². The Hall–Kier alpha value is -1.93. The van der Waals surface area contributed by atoms with Gasteiger partial charge >= 0.3 is 0 Å². The Morgan fingerprint density at radius 2 is 2.08 bits per heavy atom. The molecule has 1 aromatic rings. The van der Waals surface area contributed by atoms with Crippen LogP contribution in [-0.4, -0.2) is 47.0 Å². The third kappa shape index (κ3) is 4.58. The maximum absolute atomic E-state index is 12.4. The number of nitrogens with zero attached hydrogens (tertiary/aromatic N) is 2. The molecular weight excluding hydrogens is 342 g/mol. The Bertz CT molecular complexity index is 772. The molecule has 1 aliphatic heterocycles. The summed E-state index contributed by atoms with van der Waals surface area (Å²) in [6.45, 7) is 7.46. The molecule has 0 saturated carbocycles. The molecule has 0 radical (unpaired) electrons. The molecule has 0 atom stereocenters. The van der Waals surface area contributed by atoms with Crippen LogP contribution in [0.4, 0.5) is 5.69 Å². The van der Waals surface area contributed by atoms with Gasteiger partial charge in [-0.25, -0.2) is 0 Å². The highest BCUT2D eigenvalue weighted by atomic mass is 32.2. The summed E-state index contributed by atoms with van der Waals surface area (Å²) in [6, 6.07) is 4.73. The van der Waals surface area contributed by atoms with E-state index >= 15 is 0 Å². The highest BCUT2D eigenvalue weighted by Gasteiger charge is 2.30. The minimum atomic E-state index is -3.80. The van der Waals surface area contributed by atoms with Crippen molar-refractivity contribution in [3.8, 4) is 0 Å². The van der Waals surface area contributed by atoms with Gasteiger partial charge in [0.2, 0.25) is 0 Å². The molecule has 25 heavy (non-hydrogen) atoms. The SMILES string of the molecule is COCCCNC(=O)c1ccc2c(c1)S(=O)(=O)N=C(C)N2CC(C)C. The molecule has 138 valence electrons. The second-order valence-corrected chi connectivity index (χ2v) is 7.98. The number of amides is 1. The quantitative estimate of drug-likeness (QED) is 0.745. The lowest BCUT2D eigenvalue weighted by molar-refractivity contribution is 0.0948. The lowest BCUT2D eigenvalue weighted by atomic mass is 10.1. The second-order valence-electron chi connectivity index (χ2n) is 6.40. The van der Waals surface area contributed by atoms with Crippen LogP contribution in [0.25, 0.3) is 0 Å². The van der Waals surface area contributed by atoms with E-state index in [0.29, 0.717) is 49.1 Å². The van der Waals surface area contributed by atoms with Gasteiger partial charge in [0.1, 0.15) is 10.7 Å². The smallest absolute Gasteiger partial charge is 0.286 e. The molecule has 1 N–H and O–H groups in total. The summed E-state index contributed by atoms with van der Waals surface area (Å²) in [5.74, 6) is 0.469. The van der Waals surface area contributed by atoms with Gasteiger partial charge in [0.15, 0.2) is 0 Å². The Labute approximate surface area is 149 Å². The predicted octanol–water partition coefficient (Wildman–Crippen LogP) is 2.04. The molecule has 0 aromatic heterocycles. The first-order valence-electron chi connectivity index (χ1n) is 8.26. The first-order chi connectivity index (χ1) is 11.8. The van der Waals surface area contributed by atoms with Crippen molar-refractivity contribution in [1.29, 1.82) is 0 Å². The zero-order valence-corrected chi connectivity index (χ0v) is 15.9. The van der Waals surface area contributed by atoms with Crippen LogP contribution >= 0.6 is 0 Å². The number of amidine groups is 1. The fourth-order valence-electron chi connectivity index (χ4n) is 2.65. The first kappa shape index (κ1) is 19.4. The van der Waals surface area contributed by atoms with E-state index < -0.39 is 10.0 Å². The molecule has 1 aliphatic rings. The molecule has 7 nitrogen and oxygen atoms in total. The van der Waals surface area contributed by atoms with Gasteiger partial charge in [-0.2, -0.15) is 8.42 Å². The van der Waals surface area contributed by atoms with Crippen LogP contribution in [0, 0.1) is 5.92 Å². The van der Waals surface area contributed by atoms with E-state index in [1.165, 1.54) is 6.07 Å². The largest absolute Gasteiger partial charge is 0.385 e. The average Bonchev–Trinajstić information content (AvgIpc) is 2.54. The second kappa shape index (κ2) is 7.97. The molecular formula is C17H25N3O4S. The molecule has 0 saturated heterocycles. The van der Waals surface area contributed by atoms with Crippen molar-refractivity contribution in [1.82, 2.24) is 5.32 Å². The molecule has 0 spiro atoms. The van der Waals surface area contributed by atoms with Crippen molar-refractivity contribution in [3.05, 3.63) is 23.8 Å². The number of hydrogen-bond acceptors (Lipinski definition) is 5. The van der Waals surface area contributed by atoms with Crippen molar-refractivity contribution in [2.45, 2.75) is 32.1 Å². The highest BCUT2D eigenvalue weighted by Crippen LogP contribution is 2.33. The van der Waals surface area contributed by atoms with Crippen LogP contribution in [0.1, 0.15) is 37.6 Å². The summed E-state index contributed by atoms with van der Waals surface area (Å²) in [7, 11) is -2.20. The molecule has 2 rings (SSSR count). The lowest BCUT2D eigenvalue weighted by Gasteiger charge is -2.30. The fraction of sp³-hybridized carbons (Fsp3) is 0.529. The number of hydrogen-bond donors (Lipinski definition) is 1. The van der Waals surface area contributed by atoms with Crippen LogP contribution in [0.5, 0.6) is 0 Å². The summed E-state index contributed by atoms with van der Waals surface area (Å²) in [6.07, 6.45) is 0.692. The van der Waals surface area contributed by atoms with Crippen molar-refractivity contribution in [2.24, 2.45) is 10.3 Å². The molecule has 0 fully saturated rings. The van der Waals surface area contributed by atoms with Crippen molar-refractivity contribution in [3.63, 3.8) is 0 Å². The number of carbonyl (C=O) groups excluding carboxylic acids is 1. The third-order valence-corrected chi connectivity index (χ3v) is 5.18. The minimum Gasteiger partial charge on any atom is -0.385 e. The third-order valence-electron chi connectivity index (χ3n) is 3.79. The molecule has 1 amide bonds. The van der Waals surface area contributed by atoms with Crippen LogP contribution in [0.15, 0.2) is 27.5 Å². The summed E-state index contributed by atoms with van der Waals surface area (Å²) in [5.41, 5.74) is 0.871. The molecule has 0 unspecified atom stereocenters. The highest BCUT2D eigenvalue weighted by molar-refractivity contribution is 7.90. The van der Waals surface area contributed by atoms with Crippen LogP contribution < -0.4 is 10.2 Å². The van der Waals surface area contributed by atoms with Crippen LogP contribution in [-0.2, 0) is 14.8 Å². The molecule has 1 aromatic carbocycles. The Kier molecular flexibility index (Phi) is 6.18. The van der Waals surface area contributed by atoms with E-state index in [9.17, 15) is 13.2 Å². The summed E-state index contributed by atoms with van der Waals surface area (Å²) in [4.78, 5) is 14.2. The summed E-state index contributed by atoms with van der Waals surface area (Å²) in [5, 5.41) is 2.76. The molecule has 0 bridgehead atoms. The van der Waals surface area contributed by atoms with E-state index in [1.54, 1.807) is 26.2 Å². The number of benzene rings is 1. The van der Waals surface area contributed by atoms with Crippen molar-refractivity contribution >= 4 is 27.5 Å². The number of anilines is 1. The zero-order chi connectivity index (χ0) is 18.6. The minimum absolute atomic E-state index is 0.0725. The van der Waals surface area contributed by atoms with Gasteiger partial charge in [-0.3, -0.25) is 4.79 Å².